The van der Waals surface area contributed by atoms with Gasteiger partial charge in [-0.15, -0.1) is 0 Å². The highest BCUT2D eigenvalue weighted by Crippen LogP contribution is 2.10. The minimum atomic E-state index is -0.338. The molecule has 1 saturated heterocycles. The number of nitrogens with one attached hydrogen (secondary N) is 1. The number of halogens is 1. The maximum Gasteiger partial charge on any atom is 0.409 e. The molecule has 0 spiro atoms. The Balaban J connectivity index is 1.75. The number of rotatable bonds is 3. The van der Waals surface area contributed by atoms with Crippen LogP contribution in [0.3, 0.4) is 0 Å². The molecule has 0 aliphatic carbocycles. The van der Waals surface area contributed by atoms with Crippen LogP contribution in [-0.2, 0) is 11.2 Å². The van der Waals surface area contributed by atoms with E-state index >= 15 is 0 Å². The number of nitrogens with zero attached hydrogens (tertiary/aromatic N) is 2. The number of urea groups is 1. The molecule has 0 unspecified atom stereocenters. The van der Waals surface area contributed by atoms with E-state index in [0.717, 1.165) is 18.4 Å². The van der Waals surface area contributed by atoms with Crippen LogP contribution in [0.5, 0.6) is 0 Å². The van der Waals surface area contributed by atoms with Crippen LogP contribution >= 0.6 is 11.6 Å². The summed E-state index contributed by atoms with van der Waals surface area (Å²) in [6.45, 7) is 2.83. The molecular weight excluding hydrogens is 318 g/mol. The van der Waals surface area contributed by atoms with E-state index in [1.807, 2.05) is 24.3 Å². The molecule has 1 heterocycles. The van der Waals surface area contributed by atoms with Gasteiger partial charge in [0.15, 0.2) is 0 Å². The molecule has 1 aromatic carbocycles. The summed E-state index contributed by atoms with van der Waals surface area (Å²) in [4.78, 5) is 27.1. The predicted octanol–water partition coefficient (Wildman–Crippen LogP) is 2.37. The van der Waals surface area contributed by atoms with Gasteiger partial charge in [-0.2, -0.15) is 0 Å². The van der Waals surface area contributed by atoms with E-state index in [0.29, 0.717) is 37.7 Å². The van der Waals surface area contributed by atoms with E-state index in [4.69, 9.17) is 16.3 Å². The fraction of sp³-hybridized carbons (Fsp3) is 0.500. The Morgan fingerprint density at radius 3 is 2.48 bits per heavy atom. The van der Waals surface area contributed by atoms with Gasteiger partial charge in [0.1, 0.15) is 0 Å². The van der Waals surface area contributed by atoms with E-state index in [2.05, 4.69) is 5.32 Å². The first-order valence-corrected chi connectivity index (χ1v) is 8.08. The van der Waals surface area contributed by atoms with Gasteiger partial charge < -0.3 is 19.9 Å². The van der Waals surface area contributed by atoms with Gasteiger partial charge in [-0.3, -0.25) is 0 Å². The summed E-state index contributed by atoms with van der Waals surface area (Å²) >= 11 is 5.84. The lowest BCUT2D eigenvalue weighted by Gasteiger charge is -2.21. The third-order valence-corrected chi connectivity index (χ3v) is 4.07. The third-order valence-electron chi connectivity index (χ3n) is 3.82. The number of carbonyl (C=O) groups excluding carboxylic acids is 2. The Kier molecular flexibility index (Phi) is 6.52. The molecule has 0 radical (unpaired) electrons. The van der Waals surface area contributed by atoms with Crippen LogP contribution in [0.1, 0.15) is 12.0 Å². The predicted molar refractivity (Wildman–Crippen MR) is 88.7 cm³/mol. The van der Waals surface area contributed by atoms with Crippen molar-refractivity contribution in [2.45, 2.75) is 12.8 Å². The van der Waals surface area contributed by atoms with Crippen molar-refractivity contribution in [3.8, 4) is 0 Å². The molecule has 23 heavy (non-hydrogen) atoms. The van der Waals surface area contributed by atoms with Gasteiger partial charge in [0.05, 0.1) is 7.11 Å². The first-order valence-electron chi connectivity index (χ1n) is 7.70. The van der Waals surface area contributed by atoms with E-state index in [1.54, 1.807) is 9.80 Å². The van der Waals surface area contributed by atoms with Crippen molar-refractivity contribution >= 4 is 23.7 Å². The zero-order valence-electron chi connectivity index (χ0n) is 13.3. The zero-order chi connectivity index (χ0) is 16.7. The van der Waals surface area contributed by atoms with Gasteiger partial charge >= 0.3 is 12.1 Å². The standard InChI is InChI=1S/C16H22ClN3O3/c1-23-16(22)20-10-2-9-19(11-12-20)15(21)18-8-7-13-3-5-14(17)6-4-13/h3-6H,2,7-12H2,1H3,(H,18,21). The molecule has 0 bridgehead atoms. The average Bonchev–Trinajstić information content (AvgIpc) is 2.82. The highest BCUT2D eigenvalue weighted by atomic mass is 35.5. The lowest BCUT2D eigenvalue weighted by Crippen LogP contribution is -2.43. The summed E-state index contributed by atoms with van der Waals surface area (Å²) in [7, 11) is 1.37. The van der Waals surface area contributed by atoms with Crippen molar-refractivity contribution in [1.29, 1.82) is 0 Å². The van der Waals surface area contributed by atoms with Crippen LogP contribution in [0, 0.1) is 0 Å². The van der Waals surface area contributed by atoms with Gasteiger partial charge in [-0.05, 0) is 30.5 Å². The topological polar surface area (TPSA) is 61.9 Å². The normalized spacial score (nSPS) is 15.0. The molecule has 2 rings (SSSR count). The molecule has 3 amide bonds. The zero-order valence-corrected chi connectivity index (χ0v) is 14.0. The minimum absolute atomic E-state index is 0.0920. The maximum atomic E-state index is 12.2. The van der Waals surface area contributed by atoms with Crippen molar-refractivity contribution in [3.05, 3.63) is 34.9 Å². The van der Waals surface area contributed by atoms with Crippen LogP contribution in [0.4, 0.5) is 9.59 Å². The Labute approximate surface area is 141 Å². The van der Waals surface area contributed by atoms with Crippen molar-refractivity contribution < 1.29 is 14.3 Å². The summed E-state index contributed by atoms with van der Waals surface area (Å²) in [6.07, 6.45) is 1.17. The second-order valence-corrected chi connectivity index (χ2v) is 5.84. The lowest BCUT2D eigenvalue weighted by molar-refractivity contribution is 0.125. The van der Waals surface area contributed by atoms with Gasteiger partial charge in [0.2, 0.25) is 0 Å². The second-order valence-electron chi connectivity index (χ2n) is 5.41. The fourth-order valence-electron chi connectivity index (χ4n) is 2.51. The Morgan fingerprint density at radius 2 is 1.78 bits per heavy atom. The highest BCUT2D eigenvalue weighted by Gasteiger charge is 2.21. The Morgan fingerprint density at radius 1 is 1.13 bits per heavy atom. The van der Waals surface area contributed by atoms with Crippen molar-refractivity contribution in [2.75, 3.05) is 39.8 Å². The summed E-state index contributed by atoms with van der Waals surface area (Å²) in [5.41, 5.74) is 1.13. The summed E-state index contributed by atoms with van der Waals surface area (Å²) in [6, 6.07) is 7.50. The van der Waals surface area contributed by atoms with Crippen molar-refractivity contribution in [3.63, 3.8) is 0 Å². The van der Waals surface area contributed by atoms with E-state index in [9.17, 15) is 9.59 Å². The fourth-order valence-corrected chi connectivity index (χ4v) is 2.63. The number of methoxy groups -OCH3 is 1. The number of benzene rings is 1. The highest BCUT2D eigenvalue weighted by molar-refractivity contribution is 6.30. The number of hydrogen-bond acceptors (Lipinski definition) is 3. The largest absolute Gasteiger partial charge is 0.453 e. The number of amides is 3. The number of hydrogen-bond donors (Lipinski definition) is 1. The first kappa shape index (κ1) is 17.4. The van der Waals surface area contributed by atoms with Gasteiger partial charge in [0, 0.05) is 37.7 Å². The van der Waals surface area contributed by atoms with Crippen LogP contribution in [-0.4, -0.2) is 61.8 Å². The van der Waals surface area contributed by atoms with Gasteiger partial charge in [-0.1, -0.05) is 23.7 Å². The average molecular weight is 340 g/mol. The summed E-state index contributed by atoms with van der Waals surface area (Å²) in [5.74, 6) is 0. The van der Waals surface area contributed by atoms with Crippen LogP contribution in [0.2, 0.25) is 5.02 Å². The molecule has 1 N–H and O–H groups in total. The number of carbonyl (C=O) groups is 2. The monoisotopic (exact) mass is 339 g/mol. The summed E-state index contributed by atoms with van der Waals surface area (Å²) in [5, 5.41) is 3.63. The Hall–Kier alpha value is -1.95. The molecule has 1 aliphatic heterocycles. The van der Waals surface area contributed by atoms with E-state index in [1.165, 1.54) is 7.11 Å². The molecule has 1 fully saturated rings. The van der Waals surface area contributed by atoms with Gasteiger partial charge in [-0.25, -0.2) is 9.59 Å². The smallest absolute Gasteiger partial charge is 0.409 e. The second kappa shape index (κ2) is 8.62. The molecule has 6 nitrogen and oxygen atoms in total. The van der Waals surface area contributed by atoms with Crippen LogP contribution in [0.25, 0.3) is 0 Å². The number of ether oxygens (including phenoxy) is 1. The molecule has 0 atom stereocenters. The molecular formula is C16H22ClN3O3. The third kappa shape index (κ3) is 5.32. The molecule has 1 aliphatic rings. The van der Waals surface area contributed by atoms with Crippen LogP contribution < -0.4 is 5.32 Å². The van der Waals surface area contributed by atoms with Crippen molar-refractivity contribution in [2.24, 2.45) is 0 Å². The maximum absolute atomic E-state index is 12.2. The molecule has 1 aromatic rings. The molecule has 126 valence electrons. The molecule has 0 aromatic heterocycles. The SMILES string of the molecule is COC(=O)N1CCCN(C(=O)NCCc2ccc(Cl)cc2)CC1. The molecule has 7 heteroatoms. The molecule has 0 saturated carbocycles. The van der Waals surface area contributed by atoms with E-state index in [-0.39, 0.29) is 12.1 Å². The van der Waals surface area contributed by atoms with Crippen LogP contribution in [0.15, 0.2) is 24.3 Å². The minimum Gasteiger partial charge on any atom is -0.453 e. The summed E-state index contributed by atoms with van der Waals surface area (Å²) < 4.78 is 4.72. The van der Waals surface area contributed by atoms with Crippen molar-refractivity contribution in [1.82, 2.24) is 15.1 Å². The quantitative estimate of drug-likeness (QED) is 0.919. The Bertz CT molecular complexity index is 536. The lowest BCUT2D eigenvalue weighted by atomic mass is 10.1. The first-order chi connectivity index (χ1) is 11.1. The van der Waals surface area contributed by atoms with E-state index < -0.39 is 0 Å². The van der Waals surface area contributed by atoms with Gasteiger partial charge in [0.25, 0.3) is 0 Å².